The van der Waals surface area contributed by atoms with Crippen LogP contribution in [-0.4, -0.2) is 5.11 Å². The number of thiophene rings is 1. The van der Waals surface area contributed by atoms with Gasteiger partial charge >= 0.3 is 0 Å². The van der Waals surface area contributed by atoms with Crippen molar-refractivity contribution in [3.8, 4) is 5.75 Å². The van der Waals surface area contributed by atoms with E-state index in [4.69, 9.17) is 11.6 Å². The number of hydrogen-bond acceptors (Lipinski definition) is 2. The van der Waals surface area contributed by atoms with Crippen LogP contribution in [0.5, 0.6) is 5.75 Å². The smallest absolute Gasteiger partial charge is 0.133 e. The molecule has 2 rings (SSSR count). The van der Waals surface area contributed by atoms with Crippen LogP contribution < -0.4 is 0 Å². The molecule has 0 unspecified atom stereocenters. The van der Waals surface area contributed by atoms with Crippen LogP contribution in [0.4, 0.5) is 4.39 Å². The van der Waals surface area contributed by atoms with Crippen LogP contribution in [-0.2, 0) is 0 Å². The van der Waals surface area contributed by atoms with Gasteiger partial charge in [-0.2, -0.15) is 0 Å². The number of fused-ring (bicyclic) bond motifs is 1. The Morgan fingerprint density at radius 1 is 1.42 bits per heavy atom. The summed E-state index contributed by atoms with van der Waals surface area (Å²) in [5, 5.41) is 9.67. The summed E-state index contributed by atoms with van der Waals surface area (Å²) in [7, 11) is 0. The lowest BCUT2D eigenvalue weighted by Gasteiger charge is -1.93. The van der Waals surface area contributed by atoms with Crippen molar-refractivity contribution in [1.82, 2.24) is 0 Å². The summed E-state index contributed by atoms with van der Waals surface area (Å²) in [5.41, 5.74) is 0. The third kappa shape index (κ3) is 1.06. The molecule has 0 aliphatic rings. The fraction of sp³-hybridized carbons (Fsp3) is 0. The number of hydrogen-bond donors (Lipinski definition) is 1. The predicted octanol–water partition coefficient (Wildman–Crippen LogP) is 3.40. The molecule has 0 amide bonds. The zero-order chi connectivity index (χ0) is 8.72. The predicted molar refractivity (Wildman–Crippen MR) is 48.5 cm³/mol. The van der Waals surface area contributed by atoms with Gasteiger partial charge in [0.1, 0.15) is 11.6 Å². The van der Waals surface area contributed by atoms with Crippen LogP contribution in [0.25, 0.3) is 10.1 Å². The Kier molecular flexibility index (Phi) is 1.70. The lowest BCUT2D eigenvalue weighted by Crippen LogP contribution is -1.72. The minimum Gasteiger partial charge on any atom is -0.506 e. The molecule has 1 heterocycles. The number of aromatic hydroxyl groups is 1. The van der Waals surface area contributed by atoms with Gasteiger partial charge < -0.3 is 5.11 Å². The monoisotopic (exact) mass is 202 g/mol. The number of phenolic OH excluding ortho intramolecular Hbond substituents is 1. The Hall–Kier alpha value is -0.800. The average Bonchev–Trinajstić information content (AvgIpc) is 2.41. The van der Waals surface area contributed by atoms with E-state index in [1.165, 1.54) is 29.5 Å². The highest BCUT2D eigenvalue weighted by molar-refractivity contribution is 7.23. The van der Waals surface area contributed by atoms with Crippen LogP contribution in [0, 0.1) is 5.82 Å². The molecule has 1 aromatic carbocycles. The van der Waals surface area contributed by atoms with Crippen LogP contribution in [0.1, 0.15) is 0 Å². The summed E-state index contributed by atoms with van der Waals surface area (Å²) < 4.78 is 14.0. The summed E-state index contributed by atoms with van der Waals surface area (Å²) in [6.07, 6.45) is 0. The summed E-state index contributed by atoms with van der Waals surface area (Å²) in [4.78, 5) is 0. The van der Waals surface area contributed by atoms with Gasteiger partial charge in [-0.15, -0.1) is 11.3 Å². The number of rotatable bonds is 0. The third-order valence-corrected chi connectivity index (χ3v) is 2.87. The molecular formula is C8H4ClFOS. The number of halogens is 2. The van der Waals surface area contributed by atoms with Crippen molar-refractivity contribution in [2.24, 2.45) is 0 Å². The third-order valence-electron chi connectivity index (χ3n) is 1.58. The lowest BCUT2D eigenvalue weighted by molar-refractivity contribution is 0.481. The second-order valence-electron chi connectivity index (χ2n) is 2.36. The molecule has 62 valence electrons. The molecular weight excluding hydrogens is 199 g/mol. The fourth-order valence-electron chi connectivity index (χ4n) is 1.05. The molecule has 0 bridgehead atoms. The molecule has 0 atom stereocenters. The van der Waals surface area contributed by atoms with E-state index >= 15 is 0 Å². The Bertz CT molecular complexity index is 399. The van der Waals surface area contributed by atoms with Gasteiger partial charge in [0, 0.05) is 5.39 Å². The van der Waals surface area contributed by atoms with Gasteiger partial charge in [-0.05, 0) is 18.2 Å². The second-order valence-corrected chi connectivity index (χ2v) is 4.04. The molecule has 0 fully saturated rings. The SMILES string of the molecule is Oc1ccc(F)c2cc(Cl)sc12. The molecule has 1 aromatic heterocycles. The van der Waals surface area contributed by atoms with E-state index in [0.717, 1.165) is 0 Å². The van der Waals surface area contributed by atoms with Gasteiger partial charge in [-0.25, -0.2) is 4.39 Å². The van der Waals surface area contributed by atoms with Crippen molar-refractivity contribution in [3.63, 3.8) is 0 Å². The summed E-state index contributed by atoms with van der Waals surface area (Å²) in [5.74, 6) is -0.283. The highest BCUT2D eigenvalue weighted by Crippen LogP contribution is 2.36. The van der Waals surface area contributed by atoms with Gasteiger partial charge in [-0.3, -0.25) is 0 Å². The highest BCUT2D eigenvalue weighted by Gasteiger charge is 2.08. The van der Waals surface area contributed by atoms with Gasteiger partial charge in [-0.1, -0.05) is 11.6 Å². The fourth-order valence-corrected chi connectivity index (χ4v) is 2.20. The minimum atomic E-state index is -0.356. The molecule has 4 heteroatoms. The highest BCUT2D eigenvalue weighted by atomic mass is 35.5. The Labute approximate surface area is 77.0 Å². The summed E-state index contributed by atoms with van der Waals surface area (Å²) in [6.45, 7) is 0. The van der Waals surface area contributed by atoms with E-state index in [0.29, 0.717) is 14.4 Å². The van der Waals surface area contributed by atoms with E-state index in [1.54, 1.807) is 0 Å². The zero-order valence-corrected chi connectivity index (χ0v) is 7.42. The minimum absolute atomic E-state index is 0.0725. The van der Waals surface area contributed by atoms with E-state index < -0.39 is 0 Å². The number of phenols is 1. The Morgan fingerprint density at radius 3 is 2.83 bits per heavy atom. The lowest BCUT2D eigenvalue weighted by atomic mass is 10.2. The molecule has 0 aliphatic heterocycles. The van der Waals surface area contributed by atoms with Crippen LogP contribution in [0.2, 0.25) is 4.34 Å². The topological polar surface area (TPSA) is 20.2 Å². The standard InChI is InChI=1S/C8H4ClFOS/c9-7-3-4-5(10)1-2-6(11)8(4)12-7/h1-3,11H. The maximum absolute atomic E-state index is 13.0. The second kappa shape index (κ2) is 2.61. The summed E-state index contributed by atoms with van der Waals surface area (Å²) in [6, 6.07) is 4.06. The normalized spacial score (nSPS) is 10.8. The molecule has 0 radical (unpaired) electrons. The van der Waals surface area contributed by atoms with Crippen LogP contribution in [0.15, 0.2) is 18.2 Å². The van der Waals surface area contributed by atoms with Crippen molar-refractivity contribution in [2.45, 2.75) is 0 Å². The maximum Gasteiger partial charge on any atom is 0.133 e. The van der Waals surface area contributed by atoms with Gasteiger partial charge in [0.25, 0.3) is 0 Å². The average molecular weight is 203 g/mol. The molecule has 1 nitrogen and oxygen atoms in total. The first-order chi connectivity index (χ1) is 5.68. The van der Waals surface area contributed by atoms with Crippen molar-refractivity contribution in [1.29, 1.82) is 0 Å². The molecule has 0 saturated carbocycles. The Morgan fingerprint density at radius 2 is 2.17 bits per heavy atom. The summed E-state index contributed by atoms with van der Waals surface area (Å²) >= 11 is 6.84. The van der Waals surface area contributed by atoms with Crippen molar-refractivity contribution < 1.29 is 9.50 Å². The van der Waals surface area contributed by atoms with E-state index in [1.807, 2.05) is 0 Å². The van der Waals surface area contributed by atoms with Crippen LogP contribution in [0.3, 0.4) is 0 Å². The van der Waals surface area contributed by atoms with E-state index in [-0.39, 0.29) is 11.6 Å². The largest absolute Gasteiger partial charge is 0.506 e. The van der Waals surface area contributed by atoms with Crippen LogP contribution >= 0.6 is 22.9 Å². The quantitative estimate of drug-likeness (QED) is 0.694. The molecule has 2 aromatic rings. The van der Waals surface area contributed by atoms with E-state index in [2.05, 4.69) is 0 Å². The van der Waals surface area contributed by atoms with Gasteiger partial charge in [0.2, 0.25) is 0 Å². The van der Waals surface area contributed by atoms with Crippen molar-refractivity contribution in [3.05, 3.63) is 28.4 Å². The zero-order valence-electron chi connectivity index (χ0n) is 5.84. The van der Waals surface area contributed by atoms with E-state index in [9.17, 15) is 9.50 Å². The van der Waals surface area contributed by atoms with Crippen molar-refractivity contribution >= 4 is 33.0 Å². The first kappa shape index (κ1) is 7.83. The van der Waals surface area contributed by atoms with Gasteiger partial charge in [0.05, 0.1) is 9.04 Å². The molecule has 1 N–H and O–H groups in total. The molecule has 0 spiro atoms. The molecule has 0 saturated heterocycles. The maximum atomic E-state index is 13.0. The molecule has 0 aliphatic carbocycles. The Balaban J connectivity index is 2.93. The number of benzene rings is 1. The first-order valence-corrected chi connectivity index (χ1v) is 4.44. The molecule has 12 heavy (non-hydrogen) atoms. The first-order valence-electron chi connectivity index (χ1n) is 3.25. The van der Waals surface area contributed by atoms with Crippen molar-refractivity contribution in [2.75, 3.05) is 0 Å². The van der Waals surface area contributed by atoms with Gasteiger partial charge in [0.15, 0.2) is 0 Å².